The minimum Gasteiger partial charge on any atom is -0.493 e. The molecule has 0 unspecified atom stereocenters. The van der Waals surface area contributed by atoms with E-state index in [4.69, 9.17) is 4.74 Å². The molecular formula is C30H35F2N3O5. The highest BCUT2D eigenvalue weighted by molar-refractivity contribution is 6.04. The van der Waals surface area contributed by atoms with Crippen LogP contribution in [-0.4, -0.2) is 82.0 Å². The summed E-state index contributed by atoms with van der Waals surface area (Å²) in [6.07, 6.45) is 0.498. The van der Waals surface area contributed by atoms with Crippen molar-refractivity contribution in [1.29, 1.82) is 5.26 Å². The molecule has 2 N–H and O–H groups in total. The van der Waals surface area contributed by atoms with Crippen LogP contribution in [-0.2, 0) is 4.79 Å². The van der Waals surface area contributed by atoms with Crippen molar-refractivity contribution >= 4 is 11.9 Å². The van der Waals surface area contributed by atoms with E-state index < -0.39 is 35.0 Å². The first-order valence-corrected chi connectivity index (χ1v) is 13.4. The predicted octanol–water partition coefficient (Wildman–Crippen LogP) is 4.25. The number of carboxylic acids is 1. The van der Waals surface area contributed by atoms with Crippen molar-refractivity contribution in [3.63, 3.8) is 0 Å². The monoisotopic (exact) mass is 555 g/mol. The SMILES string of the molecule is CC(C)(F)CN1CCC(COc2ccc(-c3cccc(F)c3C(=O)N3C[C@H](O)C[C@@]3(C)C(=O)O)c(C#N)c2)CC1. The van der Waals surface area contributed by atoms with Gasteiger partial charge in [0.15, 0.2) is 0 Å². The van der Waals surface area contributed by atoms with Crippen molar-refractivity contribution in [2.75, 3.05) is 32.8 Å². The lowest BCUT2D eigenvalue weighted by Crippen LogP contribution is -2.51. The number of aliphatic hydroxyl groups is 1. The third kappa shape index (κ3) is 6.26. The van der Waals surface area contributed by atoms with Crippen molar-refractivity contribution in [2.24, 2.45) is 5.92 Å². The number of carbonyl (C=O) groups is 2. The van der Waals surface area contributed by atoms with Crippen LogP contribution in [0, 0.1) is 23.1 Å². The van der Waals surface area contributed by atoms with Crippen molar-refractivity contribution in [3.8, 4) is 22.9 Å². The largest absolute Gasteiger partial charge is 0.493 e. The molecule has 2 aliphatic heterocycles. The molecular weight excluding hydrogens is 520 g/mol. The zero-order chi connectivity index (χ0) is 29.2. The maximum absolute atomic E-state index is 15.2. The number of alkyl halides is 1. The Morgan fingerprint density at radius 2 is 1.90 bits per heavy atom. The smallest absolute Gasteiger partial charge is 0.329 e. The molecule has 40 heavy (non-hydrogen) atoms. The Hall–Kier alpha value is -3.55. The van der Waals surface area contributed by atoms with E-state index in [1.165, 1.54) is 25.1 Å². The van der Waals surface area contributed by atoms with Crippen LogP contribution in [0.5, 0.6) is 5.75 Å². The van der Waals surface area contributed by atoms with E-state index in [1.54, 1.807) is 26.0 Å². The van der Waals surface area contributed by atoms with Gasteiger partial charge in [-0.2, -0.15) is 5.26 Å². The Morgan fingerprint density at radius 3 is 2.52 bits per heavy atom. The van der Waals surface area contributed by atoms with E-state index in [1.807, 2.05) is 0 Å². The summed E-state index contributed by atoms with van der Waals surface area (Å²) in [4.78, 5) is 28.6. The van der Waals surface area contributed by atoms with Gasteiger partial charge in [-0.15, -0.1) is 0 Å². The Kier molecular flexibility index (Phi) is 8.47. The number of carbonyl (C=O) groups excluding carboxylic acids is 1. The fraction of sp³-hybridized carbons (Fsp3) is 0.500. The second kappa shape index (κ2) is 11.5. The molecule has 2 atom stereocenters. The van der Waals surface area contributed by atoms with Gasteiger partial charge in [0.25, 0.3) is 5.91 Å². The molecule has 8 nitrogen and oxygen atoms in total. The number of ether oxygens (including phenoxy) is 1. The number of likely N-dealkylation sites (tertiary alicyclic amines) is 2. The highest BCUT2D eigenvalue weighted by Gasteiger charge is 2.50. The number of hydrogen-bond acceptors (Lipinski definition) is 6. The number of halogens is 2. The van der Waals surface area contributed by atoms with Crippen molar-refractivity contribution in [3.05, 3.63) is 53.3 Å². The minimum absolute atomic E-state index is 0.144. The number of piperidine rings is 1. The van der Waals surface area contributed by atoms with E-state index in [2.05, 4.69) is 11.0 Å². The number of benzene rings is 2. The zero-order valence-electron chi connectivity index (χ0n) is 23.0. The van der Waals surface area contributed by atoms with Gasteiger partial charge >= 0.3 is 5.97 Å². The quantitative estimate of drug-likeness (QED) is 0.501. The van der Waals surface area contributed by atoms with Gasteiger partial charge in [0, 0.05) is 25.1 Å². The van der Waals surface area contributed by atoms with Gasteiger partial charge in [-0.25, -0.2) is 13.6 Å². The Balaban J connectivity index is 1.53. The van der Waals surface area contributed by atoms with E-state index in [-0.39, 0.29) is 35.6 Å². The Bertz CT molecular complexity index is 1310. The number of aliphatic carboxylic acids is 1. The molecule has 2 saturated heterocycles. The van der Waals surface area contributed by atoms with Crippen LogP contribution in [0.15, 0.2) is 36.4 Å². The highest BCUT2D eigenvalue weighted by atomic mass is 19.1. The molecule has 0 aliphatic carbocycles. The van der Waals surface area contributed by atoms with E-state index >= 15 is 4.39 Å². The van der Waals surface area contributed by atoms with Crippen LogP contribution in [0.2, 0.25) is 0 Å². The molecule has 0 saturated carbocycles. The van der Waals surface area contributed by atoms with Crippen LogP contribution in [0.4, 0.5) is 8.78 Å². The molecule has 2 aliphatic rings. The third-order valence-corrected chi connectivity index (χ3v) is 7.75. The lowest BCUT2D eigenvalue weighted by Gasteiger charge is -2.34. The van der Waals surface area contributed by atoms with Gasteiger partial charge < -0.3 is 24.7 Å². The molecule has 2 heterocycles. The number of hydrogen-bond donors (Lipinski definition) is 2. The van der Waals surface area contributed by atoms with Crippen molar-refractivity contribution in [1.82, 2.24) is 9.80 Å². The number of nitrogens with zero attached hydrogens (tertiary/aromatic N) is 3. The molecule has 214 valence electrons. The van der Waals surface area contributed by atoms with Gasteiger partial charge in [-0.3, -0.25) is 4.79 Å². The summed E-state index contributed by atoms with van der Waals surface area (Å²) in [6.45, 7) is 6.62. The first kappa shape index (κ1) is 29.4. The van der Waals surface area contributed by atoms with Gasteiger partial charge in [-0.05, 0) is 82.4 Å². The normalized spacial score (nSPS) is 22.2. The molecule has 10 heteroatoms. The summed E-state index contributed by atoms with van der Waals surface area (Å²) in [6, 6.07) is 10.9. The highest BCUT2D eigenvalue weighted by Crippen LogP contribution is 2.36. The van der Waals surface area contributed by atoms with Crippen molar-refractivity contribution < 1.29 is 33.3 Å². The lowest BCUT2D eigenvalue weighted by molar-refractivity contribution is -0.147. The first-order valence-electron chi connectivity index (χ1n) is 13.4. The number of β-amino-alcohol motifs (C(OH)–C–C–N with tert-alkyl or cyclic N) is 1. The summed E-state index contributed by atoms with van der Waals surface area (Å²) in [7, 11) is 0. The van der Waals surface area contributed by atoms with Crippen LogP contribution >= 0.6 is 0 Å². The maximum Gasteiger partial charge on any atom is 0.329 e. The predicted molar refractivity (Wildman–Crippen MR) is 144 cm³/mol. The van der Waals surface area contributed by atoms with Gasteiger partial charge in [0.05, 0.1) is 29.9 Å². The molecule has 2 aromatic carbocycles. The summed E-state index contributed by atoms with van der Waals surface area (Å²) in [5.74, 6) is -2.29. The number of rotatable bonds is 8. The molecule has 1 amide bonds. The summed E-state index contributed by atoms with van der Waals surface area (Å²) >= 11 is 0. The van der Waals surface area contributed by atoms with Crippen LogP contribution in [0.1, 0.15) is 56.0 Å². The minimum atomic E-state index is -1.70. The second-order valence-electron chi connectivity index (χ2n) is 11.6. The standard InChI is InChI=1S/C30H35F2N3O5/c1-29(2,32)18-34-11-9-19(10-12-34)17-40-22-7-8-23(20(13-22)15-33)24-5-4-6-25(31)26(24)27(37)35-16-21(36)14-30(35,3)28(38)39/h4-8,13,19,21,36H,9-12,14,16-18H2,1-3H3,(H,38,39)/t21-,30+/m1/s1. The first-order chi connectivity index (χ1) is 18.8. The molecule has 2 aromatic rings. The van der Waals surface area contributed by atoms with E-state index in [0.29, 0.717) is 24.5 Å². The molecule has 2 fully saturated rings. The van der Waals surface area contributed by atoms with Crippen LogP contribution < -0.4 is 4.74 Å². The van der Waals surface area contributed by atoms with E-state index in [9.17, 15) is 29.5 Å². The third-order valence-electron chi connectivity index (χ3n) is 7.75. The fourth-order valence-electron chi connectivity index (χ4n) is 5.65. The number of amides is 1. The average Bonchev–Trinajstić information content (AvgIpc) is 3.22. The maximum atomic E-state index is 15.2. The Labute approximate surface area is 232 Å². The number of nitriles is 1. The molecule has 0 bridgehead atoms. The number of aliphatic hydroxyl groups excluding tert-OH is 1. The van der Waals surface area contributed by atoms with E-state index in [0.717, 1.165) is 36.9 Å². The van der Waals surface area contributed by atoms with Gasteiger partial charge in [0.1, 0.15) is 22.8 Å². The van der Waals surface area contributed by atoms with Gasteiger partial charge in [0.2, 0.25) is 0 Å². The Morgan fingerprint density at radius 1 is 1.20 bits per heavy atom. The average molecular weight is 556 g/mol. The number of carboxylic acid groups (broad SMARTS) is 1. The summed E-state index contributed by atoms with van der Waals surface area (Å²) < 4.78 is 35.1. The zero-order valence-corrected chi connectivity index (χ0v) is 23.0. The van der Waals surface area contributed by atoms with Crippen LogP contribution in [0.3, 0.4) is 0 Å². The molecule has 0 radical (unpaired) electrons. The summed E-state index contributed by atoms with van der Waals surface area (Å²) in [5.41, 5.74) is -2.69. The second-order valence-corrected chi connectivity index (χ2v) is 11.6. The lowest BCUT2D eigenvalue weighted by atomic mass is 9.93. The summed E-state index contributed by atoms with van der Waals surface area (Å²) in [5, 5.41) is 29.8. The molecule has 0 aromatic heterocycles. The van der Waals surface area contributed by atoms with Crippen molar-refractivity contribution in [2.45, 2.75) is 57.3 Å². The van der Waals surface area contributed by atoms with Crippen LogP contribution in [0.25, 0.3) is 11.1 Å². The molecule has 4 rings (SSSR count). The molecule has 0 spiro atoms. The topological polar surface area (TPSA) is 114 Å². The fourth-order valence-corrected chi connectivity index (χ4v) is 5.65. The van der Waals surface area contributed by atoms with Gasteiger partial charge in [-0.1, -0.05) is 12.1 Å².